The van der Waals surface area contributed by atoms with Crippen molar-refractivity contribution < 1.29 is 28.6 Å². The van der Waals surface area contributed by atoms with E-state index in [-0.39, 0.29) is 31.1 Å². The Morgan fingerprint density at radius 1 is 0.300 bits per heavy atom. The highest BCUT2D eigenvalue weighted by molar-refractivity contribution is 5.71. The molecule has 0 rings (SSSR count). The Hall–Kier alpha value is -3.15. The van der Waals surface area contributed by atoms with Crippen LogP contribution in [0.15, 0.2) is 72.9 Å². The largest absolute Gasteiger partial charge is 0.462 e. The summed E-state index contributed by atoms with van der Waals surface area (Å²) in [4.78, 5) is 38.1. The molecule has 0 saturated carbocycles. The summed E-state index contributed by atoms with van der Waals surface area (Å²) in [6, 6.07) is 0. The summed E-state index contributed by atoms with van der Waals surface area (Å²) in [7, 11) is 0. The van der Waals surface area contributed by atoms with E-state index in [0.29, 0.717) is 19.3 Å². The molecule has 0 aliphatic heterocycles. The Morgan fingerprint density at radius 2 is 0.586 bits per heavy atom. The van der Waals surface area contributed by atoms with Crippen molar-refractivity contribution >= 4 is 17.9 Å². The van der Waals surface area contributed by atoms with Crippen LogP contribution in [0, 0.1) is 0 Å². The third-order valence-corrected chi connectivity index (χ3v) is 12.9. The molecule has 0 N–H and O–H groups in total. The van der Waals surface area contributed by atoms with Crippen LogP contribution in [0.25, 0.3) is 0 Å². The highest BCUT2D eigenvalue weighted by Gasteiger charge is 2.19. The first-order valence-electron chi connectivity index (χ1n) is 29.9. The number of unbranched alkanes of at least 4 members (excludes halogenated alkanes) is 31. The Balaban J connectivity index is 4.24. The van der Waals surface area contributed by atoms with E-state index < -0.39 is 6.10 Å². The lowest BCUT2D eigenvalue weighted by Gasteiger charge is -2.18. The minimum Gasteiger partial charge on any atom is -0.462 e. The number of hydrogen-bond acceptors (Lipinski definition) is 6. The average Bonchev–Trinajstić information content (AvgIpc) is 3.36. The van der Waals surface area contributed by atoms with Crippen molar-refractivity contribution in [1.29, 1.82) is 0 Å². The van der Waals surface area contributed by atoms with Gasteiger partial charge < -0.3 is 14.2 Å². The molecule has 0 aromatic heterocycles. The summed E-state index contributed by atoms with van der Waals surface area (Å²) in [6.07, 6.45) is 74.8. The molecular formula is C64H112O6. The van der Waals surface area contributed by atoms with Gasteiger partial charge in [-0.2, -0.15) is 0 Å². The van der Waals surface area contributed by atoms with Gasteiger partial charge in [0.1, 0.15) is 13.2 Å². The van der Waals surface area contributed by atoms with Crippen LogP contribution in [-0.2, 0) is 28.6 Å². The smallest absolute Gasteiger partial charge is 0.306 e. The lowest BCUT2D eigenvalue weighted by molar-refractivity contribution is -0.167. The molecule has 0 bridgehead atoms. The molecule has 0 saturated heterocycles. The maximum absolute atomic E-state index is 12.8. The summed E-state index contributed by atoms with van der Waals surface area (Å²) < 4.78 is 16.8. The molecule has 0 amide bonds. The maximum atomic E-state index is 12.8. The molecule has 0 aliphatic carbocycles. The molecule has 0 radical (unpaired) electrons. The van der Waals surface area contributed by atoms with Crippen molar-refractivity contribution in [3.8, 4) is 0 Å². The number of allylic oxidation sites excluding steroid dienone is 12. The molecule has 1 unspecified atom stereocenters. The molecule has 0 fully saturated rings. The van der Waals surface area contributed by atoms with Gasteiger partial charge in [-0.15, -0.1) is 0 Å². The number of carbonyl (C=O) groups excluding carboxylic acids is 3. The van der Waals surface area contributed by atoms with Gasteiger partial charge in [-0.1, -0.05) is 248 Å². The zero-order valence-electron chi connectivity index (χ0n) is 46.3. The third kappa shape index (κ3) is 55.8. The highest BCUT2D eigenvalue weighted by Crippen LogP contribution is 2.16. The van der Waals surface area contributed by atoms with Gasteiger partial charge in [0.05, 0.1) is 0 Å². The Morgan fingerprint density at radius 3 is 0.943 bits per heavy atom. The van der Waals surface area contributed by atoms with Crippen LogP contribution < -0.4 is 0 Å². The first kappa shape index (κ1) is 66.9. The maximum Gasteiger partial charge on any atom is 0.306 e. The fourth-order valence-electron chi connectivity index (χ4n) is 8.43. The van der Waals surface area contributed by atoms with Crippen molar-refractivity contribution in [2.45, 2.75) is 303 Å². The van der Waals surface area contributed by atoms with E-state index >= 15 is 0 Å². The average molecular weight is 978 g/mol. The van der Waals surface area contributed by atoms with E-state index in [2.05, 4.69) is 93.7 Å². The fraction of sp³-hybridized carbons (Fsp3) is 0.766. The summed E-state index contributed by atoms with van der Waals surface area (Å²) in [5, 5.41) is 0. The van der Waals surface area contributed by atoms with Gasteiger partial charge in [0.25, 0.3) is 0 Å². The van der Waals surface area contributed by atoms with Gasteiger partial charge >= 0.3 is 17.9 Å². The van der Waals surface area contributed by atoms with Gasteiger partial charge in [-0.3, -0.25) is 14.4 Å². The molecule has 0 spiro atoms. The van der Waals surface area contributed by atoms with E-state index in [1.54, 1.807) is 0 Å². The Bertz CT molecular complexity index is 1310. The van der Waals surface area contributed by atoms with Crippen LogP contribution in [0.2, 0.25) is 0 Å². The predicted octanol–water partition coefficient (Wildman–Crippen LogP) is 20.2. The summed E-state index contributed by atoms with van der Waals surface area (Å²) in [5.74, 6) is -0.895. The second-order valence-electron chi connectivity index (χ2n) is 19.9. The first-order chi connectivity index (χ1) is 34.5. The van der Waals surface area contributed by atoms with E-state index in [9.17, 15) is 14.4 Å². The number of esters is 3. The highest BCUT2D eigenvalue weighted by atomic mass is 16.6. The molecule has 0 heterocycles. The number of ether oxygens (including phenoxy) is 3. The van der Waals surface area contributed by atoms with Crippen LogP contribution in [0.4, 0.5) is 0 Å². The SMILES string of the molecule is CC/C=C\C/C=C\C/C=C\CCCCCCCCCC(=O)OC(COC(=O)CCCCCCC/C=C\CCC)COC(=O)CCCCCCCCCCCCCCC/C=C\C/C=C\CCCCCCC. The molecule has 0 aliphatic rings. The number of rotatable bonds is 54. The van der Waals surface area contributed by atoms with Crippen molar-refractivity contribution in [2.24, 2.45) is 0 Å². The molecular weight excluding hydrogens is 865 g/mol. The van der Waals surface area contributed by atoms with Gasteiger partial charge in [0.2, 0.25) is 0 Å². The van der Waals surface area contributed by atoms with E-state index in [1.165, 1.54) is 154 Å². The van der Waals surface area contributed by atoms with Gasteiger partial charge in [-0.05, 0) is 103 Å². The van der Waals surface area contributed by atoms with Crippen LogP contribution in [-0.4, -0.2) is 37.2 Å². The standard InChI is InChI=1S/C64H112O6/c1-4-7-10-13-16-19-22-24-26-28-29-30-31-32-33-34-35-37-38-40-42-45-48-51-54-57-63(66)69-60-61(59-68-62(65)56-53-50-47-44-21-18-15-12-9-6-3)70-64(67)58-55-52-49-46-43-41-39-36-27-25-23-20-17-14-11-8-5-2/h8,11-12,15,17,20,22,24-25,27-29,61H,4-7,9-10,13-14,16,18-19,21,23,26,30-60H2,1-3H3/b11-8-,15-12-,20-17-,24-22-,27-25-,29-28-. The lowest BCUT2D eigenvalue weighted by Crippen LogP contribution is -2.30. The summed E-state index contributed by atoms with van der Waals surface area (Å²) in [6.45, 7) is 6.46. The van der Waals surface area contributed by atoms with Crippen molar-refractivity contribution in [2.75, 3.05) is 13.2 Å². The number of carbonyl (C=O) groups is 3. The van der Waals surface area contributed by atoms with Crippen molar-refractivity contribution in [3.05, 3.63) is 72.9 Å². The Labute approximate surface area is 433 Å². The second kappa shape index (κ2) is 58.4. The van der Waals surface area contributed by atoms with Gasteiger partial charge in [0.15, 0.2) is 6.10 Å². The molecule has 6 heteroatoms. The number of hydrogen-bond donors (Lipinski definition) is 0. The Kier molecular flexibility index (Phi) is 55.8. The van der Waals surface area contributed by atoms with Crippen molar-refractivity contribution in [3.63, 3.8) is 0 Å². The molecule has 0 aromatic carbocycles. The van der Waals surface area contributed by atoms with Crippen LogP contribution in [0.5, 0.6) is 0 Å². The van der Waals surface area contributed by atoms with Crippen molar-refractivity contribution in [1.82, 2.24) is 0 Å². The molecule has 70 heavy (non-hydrogen) atoms. The van der Waals surface area contributed by atoms with Gasteiger partial charge in [-0.25, -0.2) is 0 Å². The summed E-state index contributed by atoms with van der Waals surface area (Å²) in [5.41, 5.74) is 0. The zero-order valence-corrected chi connectivity index (χ0v) is 46.3. The normalized spacial score (nSPS) is 12.6. The predicted molar refractivity (Wildman–Crippen MR) is 302 cm³/mol. The molecule has 1 atom stereocenters. The topological polar surface area (TPSA) is 78.9 Å². The zero-order chi connectivity index (χ0) is 50.7. The minimum absolute atomic E-state index is 0.0815. The van der Waals surface area contributed by atoms with E-state index in [0.717, 1.165) is 103 Å². The van der Waals surface area contributed by atoms with Gasteiger partial charge in [0, 0.05) is 19.3 Å². The van der Waals surface area contributed by atoms with E-state index in [1.807, 2.05) is 0 Å². The second-order valence-corrected chi connectivity index (χ2v) is 19.9. The van der Waals surface area contributed by atoms with Crippen LogP contribution >= 0.6 is 0 Å². The van der Waals surface area contributed by atoms with Crippen LogP contribution in [0.3, 0.4) is 0 Å². The van der Waals surface area contributed by atoms with E-state index in [4.69, 9.17) is 14.2 Å². The fourth-order valence-corrected chi connectivity index (χ4v) is 8.43. The minimum atomic E-state index is -0.784. The molecule has 0 aromatic rings. The third-order valence-electron chi connectivity index (χ3n) is 12.9. The molecule has 404 valence electrons. The summed E-state index contributed by atoms with van der Waals surface area (Å²) >= 11 is 0. The lowest BCUT2D eigenvalue weighted by atomic mass is 10.0. The molecule has 6 nitrogen and oxygen atoms in total. The van der Waals surface area contributed by atoms with Crippen LogP contribution in [0.1, 0.15) is 297 Å². The first-order valence-corrected chi connectivity index (χ1v) is 29.9. The quantitative estimate of drug-likeness (QED) is 0.0261. The monoisotopic (exact) mass is 977 g/mol.